The Morgan fingerprint density at radius 2 is 1.77 bits per heavy atom. The molecule has 0 unspecified atom stereocenters. The van der Waals surface area contributed by atoms with Crippen LogP contribution < -0.4 is 9.47 Å². The van der Waals surface area contributed by atoms with Crippen molar-refractivity contribution in [2.45, 2.75) is 12.3 Å². The monoisotopic (exact) mass is 335 g/mol. The fraction of sp³-hybridized carbons (Fsp3) is 0.235. The van der Waals surface area contributed by atoms with Gasteiger partial charge in [-0.1, -0.05) is 29.3 Å². The zero-order chi connectivity index (χ0) is 15.9. The maximum absolute atomic E-state index is 9.32. The fourth-order valence-electron chi connectivity index (χ4n) is 2.04. The van der Waals surface area contributed by atoms with Gasteiger partial charge in [0.05, 0.1) is 25.7 Å². The average molecular weight is 336 g/mol. The Morgan fingerprint density at radius 3 is 2.36 bits per heavy atom. The Kier molecular flexibility index (Phi) is 5.94. The van der Waals surface area contributed by atoms with Crippen molar-refractivity contribution in [1.29, 1.82) is 5.26 Å². The number of ether oxygens (including phenoxy) is 2. The topological polar surface area (TPSA) is 42.2 Å². The summed E-state index contributed by atoms with van der Waals surface area (Å²) in [5, 5.41) is 10.4. The smallest absolute Gasteiger partial charge is 0.119 e. The second kappa shape index (κ2) is 7.93. The molecule has 0 radical (unpaired) electrons. The van der Waals surface area contributed by atoms with Gasteiger partial charge in [0.1, 0.15) is 11.5 Å². The third-order valence-corrected chi connectivity index (χ3v) is 3.79. The lowest BCUT2D eigenvalue weighted by Crippen LogP contribution is -2.05. The van der Waals surface area contributed by atoms with Crippen LogP contribution in [0.4, 0.5) is 0 Å². The minimum atomic E-state index is -0.331. The lowest BCUT2D eigenvalue weighted by atomic mass is 9.97. The Bertz CT molecular complexity index is 665. The van der Waals surface area contributed by atoms with Crippen LogP contribution in [-0.2, 0) is 0 Å². The van der Waals surface area contributed by atoms with E-state index in [9.17, 15) is 5.26 Å². The highest BCUT2D eigenvalue weighted by Crippen LogP contribution is 2.29. The molecule has 5 heteroatoms. The van der Waals surface area contributed by atoms with Crippen LogP contribution >= 0.6 is 23.2 Å². The molecule has 0 N–H and O–H groups in total. The molecule has 0 bridgehead atoms. The molecule has 0 amide bonds. The molecule has 0 spiro atoms. The van der Waals surface area contributed by atoms with Gasteiger partial charge in [0.2, 0.25) is 0 Å². The van der Waals surface area contributed by atoms with Gasteiger partial charge in [0.25, 0.3) is 0 Å². The zero-order valence-corrected chi connectivity index (χ0v) is 13.6. The van der Waals surface area contributed by atoms with E-state index in [1.165, 1.54) is 0 Å². The summed E-state index contributed by atoms with van der Waals surface area (Å²) in [6, 6.07) is 14.7. The first-order valence-corrected chi connectivity index (χ1v) is 7.51. The van der Waals surface area contributed by atoms with Crippen LogP contribution in [-0.4, -0.2) is 13.7 Å². The van der Waals surface area contributed by atoms with E-state index in [2.05, 4.69) is 6.07 Å². The van der Waals surface area contributed by atoms with Crippen molar-refractivity contribution in [3.63, 3.8) is 0 Å². The predicted molar refractivity (Wildman–Crippen MR) is 87.9 cm³/mol. The van der Waals surface area contributed by atoms with E-state index in [0.29, 0.717) is 23.1 Å². The van der Waals surface area contributed by atoms with Crippen molar-refractivity contribution in [2.24, 2.45) is 0 Å². The molecular weight excluding hydrogens is 321 g/mol. The van der Waals surface area contributed by atoms with Gasteiger partial charge in [-0.15, -0.1) is 0 Å². The summed E-state index contributed by atoms with van der Waals surface area (Å²) >= 11 is 12.0. The number of benzene rings is 2. The minimum absolute atomic E-state index is 0.331. The van der Waals surface area contributed by atoms with Gasteiger partial charge in [-0.25, -0.2) is 0 Å². The first kappa shape index (κ1) is 16.5. The number of hydrogen-bond acceptors (Lipinski definition) is 3. The first-order chi connectivity index (χ1) is 10.6. The van der Waals surface area contributed by atoms with Crippen molar-refractivity contribution >= 4 is 23.2 Å². The Labute approximate surface area is 140 Å². The van der Waals surface area contributed by atoms with Gasteiger partial charge in [-0.2, -0.15) is 5.26 Å². The van der Waals surface area contributed by atoms with Gasteiger partial charge in [0.15, 0.2) is 0 Å². The normalized spacial score (nSPS) is 11.5. The summed E-state index contributed by atoms with van der Waals surface area (Å²) in [4.78, 5) is 0. The molecule has 2 aromatic rings. The van der Waals surface area contributed by atoms with E-state index in [0.717, 1.165) is 17.1 Å². The lowest BCUT2D eigenvalue weighted by Gasteiger charge is -2.12. The maximum atomic E-state index is 9.32. The van der Waals surface area contributed by atoms with Crippen molar-refractivity contribution in [1.82, 2.24) is 0 Å². The predicted octanol–water partition coefficient (Wildman–Crippen LogP) is 5.08. The summed E-state index contributed by atoms with van der Waals surface area (Å²) in [6.07, 6.45) is 0.546. The van der Waals surface area contributed by atoms with E-state index in [4.69, 9.17) is 32.7 Å². The summed E-state index contributed by atoms with van der Waals surface area (Å²) < 4.78 is 10.7. The SMILES string of the molecule is COc1ccc(OCC[C@H](C#N)c2ccc(Cl)cc2Cl)cc1. The Morgan fingerprint density at radius 1 is 1.09 bits per heavy atom. The highest BCUT2D eigenvalue weighted by Gasteiger charge is 2.14. The second-order valence-electron chi connectivity index (χ2n) is 4.66. The Balaban J connectivity index is 1.95. The van der Waals surface area contributed by atoms with Gasteiger partial charge in [-0.3, -0.25) is 0 Å². The molecule has 22 heavy (non-hydrogen) atoms. The average Bonchev–Trinajstić information content (AvgIpc) is 2.53. The van der Waals surface area contributed by atoms with E-state index in [1.807, 2.05) is 24.3 Å². The van der Waals surface area contributed by atoms with Gasteiger partial charge in [0, 0.05) is 16.5 Å². The van der Waals surface area contributed by atoms with Gasteiger partial charge >= 0.3 is 0 Å². The van der Waals surface area contributed by atoms with Crippen molar-refractivity contribution in [2.75, 3.05) is 13.7 Å². The van der Waals surface area contributed by atoms with Crippen molar-refractivity contribution < 1.29 is 9.47 Å². The van der Waals surface area contributed by atoms with E-state index < -0.39 is 0 Å². The molecule has 0 heterocycles. The number of hydrogen-bond donors (Lipinski definition) is 0. The fourth-order valence-corrected chi connectivity index (χ4v) is 2.58. The molecule has 0 aliphatic carbocycles. The second-order valence-corrected chi connectivity index (χ2v) is 5.50. The number of nitrogens with zero attached hydrogens (tertiary/aromatic N) is 1. The van der Waals surface area contributed by atoms with Crippen LogP contribution in [0.15, 0.2) is 42.5 Å². The molecule has 0 saturated carbocycles. The van der Waals surface area contributed by atoms with Crippen molar-refractivity contribution in [3.05, 3.63) is 58.1 Å². The van der Waals surface area contributed by atoms with E-state index in [-0.39, 0.29) is 5.92 Å². The van der Waals surface area contributed by atoms with E-state index >= 15 is 0 Å². The number of nitriles is 1. The Hall–Kier alpha value is -1.89. The molecule has 0 aliphatic heterocycles. The molecule has 0 saturated heterocycles. The standard InChI is InChI=1S/C17H15Cl2NO2/c1-21-14-3-5-15(6-4-14)22-9-8-12(11-20)16-7-2-13(18)10-17(16)19/h2-7,10,12H,8-9H2,1H3/t12-/m1/s1. The quantitative estimate of drug-likeness (QED) is 0.739. The summed E-state index contributed by atoms with van der Waals surface area (Å²) in [7, 11) is 1.61. The number of methoxy groups -OCH3 is 1. The molecule has 0 aromatic heterocycles. The molecule has 114 valence electrons. The van der Waals surface area contributed by atoms with Crippen LogP contribution in [0.3, 0.4) is 0 Å². The zero-order valence-electron chi connectivity index (χ0n) is 12.1. The lowest BCUT2D eigenvalue weighted by molar-refractivity contribution is 0.305. The first-order valence-electron chi connectivity index (χ1n) is 6.75. The van der Waals surface area contributed by atoms with Crippen LogP contribution in [0.5, 0.6) is 11.5 Å². The summed E-state index contributed by atoms with van der Waals surface area (Å²) in [5.41, 5.74) is 0.770. The largest absolute Gasteiger partial charge is 0.497 e. The van der Waals surface area contributed by atoms with Crippen LogP contribution in [0.2, 0.25) is 10.0 Å². The van der Waals surface area contributed by atoms with Crippen molar-refractivity contribution in [3.8, 4) is 17.6 Å². The molecular formula is C17H15Cl2NO2. The molecule has 3 nitrogen and oxygen atoms in total. The highest BCUT2D eigenvalue weighted by atomic mass is 35.5. The van der Waals surface area contributed by atoms with Crippen LogP contribution in [0, 0.1) is 11.3 Å². The summed E-state index contributed by atoms with van der Waals surface area (Å²) in [6.45, 7) is 0.420. The minimum Gasteiger partial charge on any atom is -0.497 e. The highest BCUT2D eigenvalue weighted by molar-refractivity contribution is 6.35. The maximum Gasteiger partial charge on any atom is 0.119 e. The summed E-state index contributed by atoms with van der Waals surface area (Å²) in [5.74, 6) is 1.18. The molecule has 0 fully saturated rings. The van der Waals surface area contributed by atoms with Gasteiger partial charge in [-0.05, 0) is 42.0 Å². The van der Waals surface area contributed by atoms with Gasteiger partial charge < -0.3 is 9.47 Å². The number of halogens is 2. The van der Waals surface area contributed by atoms with Crippen LogP contribution in [0.1, 0.15) is 17.9 Å². The van der Waals surface area contributed by atoms with Crippen LogP contribution in [0.25, 0.3) is 0 Å². The van der Waals surface area contributed by atoms with E-state index in [1.54, 1.807) is 25.3 Å². The molecule has 2 aromatic carbocycles. The third-order valence-electron chi connectivity index (χ3n) is 3.23. The molecule has 2 rings (SSSR count). The third kappa shape index (κ3) is 4.30. The molecule has 1 atom stereocenters. The number of rotatable bonds is 6. The molecule has 0 aliphatic rings.